The zero-order valence-electron chi connectivity index (χ0n) is 14.3. The maximum absolute atomic E-state index is 12.4. The number of piperazine rings is 1. The number of nitrogens with zero attached hydrogens (tertiary/aromatic N) is 1. The van der Waals surface area contributed by atoms with Crippen molar-refractivity contribution in [3.05, 3.63) is 47.7 Å². The van der Waals surface area contributed by atoms with Crippen LogP contribution < -0.4 is 15.1 Å². The minimum Gasteiger partial charge on any atom is -0.360 e. The van der Waals surface area contributed by atoms with Crippen molar-refractivity contribution in [1.82, 2.24) is 5.16 Å². The molecule has 1 saturated heterocycles. The number of aromatic nitrogens is 1. The second kappa shape index (κ2) is 7.59. The number of carbonyl (C=O) groups excluding carboxylic acids is 1. The van der Waals surface area contributed by atoms with Crippen LogP contribution >= 0.6 is 0 Å². The smallest absolute Gasteiger partial charge is 0.283 e. The number of hydrogen-bond acceptors (Lipinski definition) is 3. The third-order valence-electron chi connectivity index (χ3n) is 4.78. The first kappa shape index (κ1) is 16.7. The first-order chi connectivity index (χ1) is 11.6. The number of amides is 1. The molecule has 1 aromatic carbocycles. The molecule has 6 nitrogen and oxygen atoms in total. The summed E-state index contributed by atoms with van der Waals surface area (Å²) in [5.74, 6) is 1.20. The summed E-state index contributed by atoms with van der Waals surface area (Å²) in [5.41, 5.74) is 1.38. The molecule has 0 aliphatic carbocycles. The lowest BCUT2D eigenvalue weighted by Gasteiger charge is -2.32. The van der Waals surface area contributed by atoms with Crippen LogP contribution in [0.4, 0.5) is 5.82 Å². The predicted octanol–water partition coefficient (Wildman–Crippen LogP) is -0.706. The molecule has 24 heavy (non-hydrogen) atoms. The van der Waals surface area contributed by atoms with E-state index in [1.165, 1.54) is 10.5 Å². The zero-order valence-corrected chi connectivity index (χ0v) is 14.3. The lowest BCUT2D eigenvalue weighted by Crippen LogP contribution is -3.29. The second-order valence-corrected chi connectivity index (χ2v) is 6.60. The van der Waals surface area contributed by atoms with E-state index in [-0.39, 0.29) is 11.9 Å². The summed E-state index contributed by atoms with van der Waals surface area (Å²) >= 11 is 0. The largest absolute Gasteiger partial charge is 0.360 e. The second-order valence-electron chi connectivity index (χ2n) is 6.60. The van der Waals surface area contributed by atoms with Crippen LogP contribution in [0.1, 0.15) is 18.2 Å². The number of nitrogens with one attached hydrogen (secondary N) is 3. The Balaban J connectivity index is 1.47. The van der Waals surface area contributed by atoms with Crippen LogP contribution in [0.5, 0.6) is 0 Å². The minimum absolute atomic E-state index is 0.00445. The molecule has 0 radical (unpaired) electrons. The Morgan fingerprint density at radius 2 is 1.96 bits per heavy atom. The van der Waals surface area contributed by atoms with Crippen LogP contribution in [0.3, 0.4) is 0 Å². The lowest BCUT2D eigenvalue weighted by atomic mass is 10.1. The third kappa shape index (κ3) is 4.21. The standard InChI is InChI=1S/C18H24N4O2/c1-14-12-17(20-24-14)19-18(23)15(2)22-10-8-21(9-11-22)13-16-6-4-3-5-7-16/h3-7,12,15H,8-11,13H2,1-2H3,(H,19,20,23)/p+2/t15-/m0/s1. The number of anilines is 1. The van der Waals surface area contributed by atoms with Crippen molar-refractivity contribution in [1.29, 1.82) is 0 Å². The van der Waals surface area contributed by atoms with Crippen molar-refractivity contribution in [2.75, 3.05) is 31.5 Å². The quantitative estimate of drug-likeness (QED) is 0.679. The molecule has 0 bridgehead atoms. The minimum atomic E-state index is -0.0831. The summed E-state index contributed by atoms with van der Waals surface area (Å²) in [7, 11) is 0. The molecule has 1 aliphatic heterocycles. The highest BCUT2D eigenvalue weighted by atomic mass is 16.5. The molecule has 128 valence electrons. The summed E-state index contributed by atoms with van der Waals surface area (Å²) in [5, 5.41) is 6.66. The van der Waals surface area contributed by atoms with E-state index in [4.69, 9.17) is 4.52 Å². The molecule has 2 heterocycles. The Morgan fingerprint density at radius 3 is 2.58 bits per heavy atom. The van der Waals surface area contributed by atoms with Crippen molar-refractivity contribution >= 4 is 11.7 Å². The van der Waals surface area contributed by atoms with Gasteiger partial charge in [-0.25, -0.2) is 0 Å². The van der Waals surface area contributed by atoms with Gasteiger partial charge in [0.1, 0.15) is 38.5 Å². The van der Waals surface area contributed by atoms with Gasteiger partial charge < -0.3 is 19.6 Å². The molecule has 3 N–H and O–H groups in total. The predicted molar refractivity (Wildman–Crippen MR) is 90.9 cm³/mol. The lowest BCUT2D eigenvalue weighted by molar-refractivity contribution is -1.02. The third-order valence-corrected chi connectivity index (χ3v) is 4.78. The van der Waals surface area contributed by atoms with Crippen LogP contribution in [-0.4, -0.2) is 43.3 Å². The van der Waals surface area contributed by atoms with E-state index in [9.17, 15) is 4.79 Å². The summed E-state index contributed by atoms with van der Waals surface area (Å²) in [6, 6.07) is 12.3. The number of benzene rings is 1. The Kier molecular flexibility index (Phi) is 5.27. The monoisotopic (exact) mass is 330 g/mol. The molecular formula is C18H26N4O2+2. The van der Waals surface area contributed by atoms with Crippen LogP contribution in [0, 0.1) is 6.92 Å². The maximum Gasteiger partial charge on any atom is 0.283 e. The van der Waals surface area contributed by atoms with Crippen molar-refractivity contribution < 1.29 is 19.1 Å². The van der Waals surface area contributed by atoms with Crippen LogP contribution in [0.2, 0.25) is 0 Å². The van der Waals surface area contributed by atoms with Gasteiger partial charge in [-0.2, -0.15) is 0 Å². The van der Waals surface area contributed by atoms with Gasteiger partial charge in [-0.3, -0.25) is 4.79 Å². The fourth-order valence-corrected chi connectivity index (χ4v) is 3.26. The Labute approximate surface area is 142 Å². The molecule has 1 amide bonds. The van der Waals surface area contributed by atoms with E-state index in [1.54, 1.807) is 11.0 Å². The number of rotatable bonds is 5. The number of hydrogen-bond donors (Lipinski definition) is 3. The Morgan fingerprint density at radius 1 is 1.25 bits per heavy atom. The molecule has 1 fully saturated rings. The van der Waals surface area contributed by atoms with Crippen LogP contribution in [0.25, 0.3) is 0 Å². The average molecular weight is 330 g/mol. The molecule has 0 unspecified atom stereocenters. The molecule has 3 rings (SSSR count). The van der Waals surface area contributed by atoms with Crippen molar-refractivity contribution in [2.24, 2.45) is 0 Å². The summed E-state index contributed by atoms with van der Waals surface area (Å²) in [4.78, 5) is 15.3. The molecule has 1 aliphatic rings. The van der Waals surface area contributed by atoms with E-state index in [0.717, 1.165) is 32.7 Å². The first-order valence-electron chi connectivity index (χ1n) is 8.58. The van der Waals surface area contributed by atoms with Gasteiger partial charge in [-0.05, 0) is 13.8 Å². The van der Waals surface area contributed by atoms with Gasteiger partial charge in [-0.15, -0.1) is 0 Å². The summed E-state index contributed by atoms with van der Waals surface area (Å²) in [6.45, 7) is 9.05. The Bertz CT molecular complexity index is 663. The van der Waals surface area contributed by atoms with Crippen LogP contribution in [0.15, 0.2) is 40.9 Å². The molecule has 6 heteroatoms. The van der Waals surface area contributed by atoms with Gasteiger partial charge in [0.15, 0.2) is 11.9 Å². The van der Waals surface area contributed by atoms with Crippen molar-refractivity contribution in [3.8, 4) is 0 Å². The van der Waals surface area contributed by atoms with Gasteiger partial charge in [-0.1, -0.05) is 35.5 Å². The molecular weight excluding hydrogens is 304 g/mol. The number of quaternary nitrogens is 2. The molecule has 0 spiro atoms. The van der Waals surface area contributed by atoms with Gasteiger partial charge >= 0.3 is 0 Å². The van der Waals surface area contributed by atoms with E-state index in [1.807, 2.05) is 13.8 Å². The summed E-state index contributed by atoms with van der Waals surface area (Å²) in [6.07, 6.45) is 0. The van der Waals surface area contributed by atoms with E-state index in [2.05, 4.69) is 40.8 Å². The van der Waals surface area contributed by atoms with Gasteiger partial charge in [0.2, 0.25) is 0 Å². The van der Waals surface area contributed by atoms with Gasteiger partial charge in [0, 0.05) is 11.6 Å². The molecule has 1 aromatic heterocycles. The highest BCUT2D eigenvalue weighted by Gasteiger charge is 2.31. The highest BCUT2D eigenvalue weighted by Crippen LogP contribution is 2.06. The van der Waals surface area contributed by atoms with Crippen molar-refractivity contribution in [3.63, 3.8) is 0 Å². The zero-order chi connectivity index (χ0) is 16.9. The maximum atomic E-state index is 12.4. The SMILES string of the molecule is Cc1cc(NC(=O)[C@H](C)[NH+]2CC[NH+](Cc3ccccc3)CC2)no1. The van der Waals surface area contributed by atoms with E-state index >= 15 is 0 Å². The molecule has 2 aromatic rings. The van der Waals surface area contributed by atoms with Gasteiger partial charge in [0.25, 0.3) is 5.91 Å². The fourth-order valence-electron chi connectivity index (χ4n) is 3.26. The van der Waals surface area contributed by atoms with Crippen LogP contribution in [-0.2, 0) is 11.3 Å². The fraction of sp³-hybridized carbons (Fsp3) is 0.444. The topological polar surface area (TPSA) is 64.0 Å². The normalized spacial score (nSPS) is 22.1. The number of aryl methyl sites for hydroxylation is 1. The van der Waals surface area contributed by atoms with E-state index < -0.39 is 0 Å². The summed E-state index contributed by atoms with van der Waals surface area (Å²) < 4.78 is 4.99. The van der Waals surface area contributed by atoms with Gasteiger partial charge in [0.05, 0.1) is 0 Å². The van der Waals surface area contributed by atoms with E-state index in [0.29, 0.717) is 11.6 Å². The first-order valence-corrected chi connectivity index (χ1v) is 8.58. The Hall–Kier alpha value is -2.18. The highest BCUT2D eigenvalue weighted by molar-refractivity contribution is 5.92. The number of carbonyl (C=O) groups is 1. The van der Waals surface area contributed by atoms with Crippen molar-refractivity contribution in [2.45, 2.75) is 26.4 Å². The molecule has 0 saturated carbocycles. The molecule has 1 atom stereocenters. The average Bonchev–Trinajstić information content (AvgIpc) is 3.00.